The van der Waals surface area contributed by atoms with Crippen molar-refractivity contribution in [3.63, 3.8) is 0 Å². The molecule has 1 heterocycles. The molecule has 2 N–H and O–H groups in total. The van der Waals surface area contributed by atoms with Gasteiger partial charge in [0.05, 0.1) is 24.8 Å². The van der Waals surface area contributed by atoms with Gasteiger partial charge in [-0.2, -0.15) is 0 Å². The van der Waals surface area contributed by atoms with Gasteiger partial charge in [-0.3, -0.25) is 0 Å². The summed E-state index contributed by atoms with van der Waals surface area (Å²) in [5.74, 6) is 1.53. The van der Waals surface area contributed by atoms with E-state index >= 15 is 0 Å². The van der Waals surface area contributed by atoms with Crippen molar-refractivity contribution in [3.05, 3.63) is 40.9 Å². The second kappa shape index (κ2) is 14.1. The number of rotatable bonds is 9. The van der Waals surface area contributed by atoms with Crippen LogP contribution in [0.15, 0.2) is 40.9 Å². The molecule has 0 aliphatic carbocycles. The molecule has 7 heteroatoms. The topological polar surface area (TPSA) is 54.9 Å². The molecule has 1 aromatic rings. The number of halogens is 2. The molecule has 27 heavy (non-hydrogen) atoms. The number of guanidine groups is 1. The zero-order chi connectivity index (χ0) is 18.6. The number of hydrogen-bond acceptors (Lipinski definition) is 3. The molecule has 1 unspecified atom stereocenters. The summed E-state index contributed by atoms with van der Waals surface area (Å²) < 4.78 is 11.3. The molecule has 0 aromatic heterocycles. The van der Waals surface area contributed by atoms with Crippen molar-refractivity contribution in [1.29, 1.82) is 0 Å². The highest BCUT2D eigenvalue weighted by molar-refractivity contribution is 14.0. The lowest BCUT2D eigenvalue weighted by atomic mass is 10.1. The van der Waals surface area contributed by atoms with Gasteiger partial charge in [-0.25, -0.2) is 4.99 Å². The van der Waals surface area contributed by atoms with E-state index in [1.165, 1.54) is 5.57 Å². The monoisotopic (exact) mass is 507 g/mol. The molecule has 1 atom stereocenters. The van der Waals surface area contributed by atoms with Crippen LogP contribution in [-0.2, 0) is 4.74 Å². The third-order valence-electron chi connectivity index (χ3n) is 4.18. The van der Waals surface area contributed by atoms with Gasteiger partial charge in [-0.05, 0) is 38.3 Å². The second-order valence-electron chi connectivity index (χ2n) is 6.16. The number of benzene rings is 1. The van der Waals surface area contributed by atoms with Crippen LogP contribution in [0.25, 0.3) is 0 Å². The first-order chi connectivity index (χ1) is 12.7. The first-order valence-corrected chi connectivity index (χ1v) is 9.79. The van der Waals surface area contributed by atoms with Gasteiger partial charge in [0.2, 0.25) is 0 Å². The van der Waals surface area contributed by atoms with Crippen LogP contribution in [-0.4, -0.2) is 44.9 Å². The predicted molar refractivity (Wildman–Crippen MR) is 124 cm³/mol. The van der Waals surface area contributed by atoms with Crippen molar-refractivity contribution in [3.8, 4) is 5.75 Å². The number of ether oxygens (including phenoxy) is 2. The summed E-state index contributed by atoms with van der Waals surface area (Å²) in [5.41, 5.74) is 1.45. The van der Waals surface area contributed by atoms with Crippen molar-refractivity contribution in [2.75, 3.05) is 32.8 Å². The maximum absolute atomic E-state index is 6.18. The van der Waals surface area contributed by atoms with Crippen LogP contribution in [0.1, 0.15) is 33.1 Å². The Morgan fingerprint density at radius 1 is 1.30 bits per heavy atom. The first-order valence-electron chi connectivity index (χ1n) is 9.42. The van der Waals surface area contributed by atoms with E-state index in [1.807, 2.05) is 24.3 Å². The maximum Gasteiger partial charge on any atom is 0.191 e. The SMILES string of the molecule is CCNC(=NCC(CC)Oc1ccccc1Cl)NCCC1=CCOCC1.I. The Labute approximate surface area is 185 Å². The van der Waals surface area contributed by atoms with Crippen molar-refractivity contribution in [2.45, 2.75) is 39.2 Å². The third-order valence-corrected chi connectivity index (χ3v) is 4.49. The Hall–Kier alpha value is -0.990. The minimum Gasteiger partial charge on any atom is -0.487 e. The molecule has 0 saturated carbocycles. The normalized spacial score (nSPS) is 15.4. The highest BCUT2D eigenvalue weighted by Crippen LogP contribution is 2.24. The van der Waals surface area contributed by atoms with Gasteiger partial charge in [0, 0.05) is 13.1 Å². The summed E-state index contributed by atoms with van der Waals surface area (Å²) in [6.07, 6.45) is 5.07. The third kappa shape index (κ3) is 9.17. The number of hydrogen-bond donors (Lipinski definition) is 2. The molecule has 1 aliphatic heterocycles. The van der Waals surface area contributed by atoms with E-state index in [1.54, 1.807) is 0 Å². The molecule has 1 aliphatic rings. The smallest absolute Gasteiger partial charge is 0.191 e. The molecule has 1 aromatic carbocycles. The van der Waals surface area contributed by atoms with Crippen molar-refractivity contribution >= 4 is 41.5 Å². The van der Waals surface area contributed by atoms with E-state index in [-0.39, 0.29) is 30.1 Å². The van der Waals surface area contributed by atoms with Crippen LogP contribution < -0.4 is 15.4 Å². The lowest BCUT2D eigenvalue weighted by molar-refractivity contribution is 0.153. The van der Waals surface area contributed by atoms with E-state index in [4.69, 9.17) is 21.1 Å². The van der Waals surface area contributed by atoms with Gasteiger partial charge in [0.1, 0.15) is 11.9 Å². The summed E-state index contributed by atoms with van der Waals surface area (Å²) in [7, 11) is 0. The molecule has 0 radical (unpaired) electrons. The fourth-order valence-electron chi connectivity index (χ4n) is 2.64. The molecule has 0 spiro atoms. The Morgan fingerprint density at radius 3 is 2.78 bits per heavy atom. The van der Waals surface area contributed by atoms with Crippen LogP contribution in [0.3, 0.4) is 0 Å². The Bertz CT molecular complexity index is 611. The van der Waals surface area contributed by atoms with Gasteiger partial charge in [0.25, 0.3) is 0 Å². The summed E-state index contributed by atoms with van der Waals surface area (Å²) in [6.45, 7) is 7.99. The zero-order valence-electron chi connectivity index (χ0n) is 16.2. The fourth-order valence-corrected chi connectivity index (χ4v) is 2.82. The molecule has 0 amide bonds. The van der Waals surface area contributed by atoms with E-state index in [0.29, 0.717) is 17.3 Å². The molecular formula is C20H31ClIN3O2. The molecular weight excluding hydrogens is 477 g/mol. The van der Waals surface area contributed by atoms with Crippen molar-refractivity contribution in [2.24, 2.45) is 4.99 Å². The predicted octanol–water partition coefficient (Wildman–Crippen LogP) is 4.41. The molecule has 2 rings (SSSR count). The summed E-state index contributed by atoms with van der Waals surface area (Å²) in [4.78, 5) is 4.68. The summed E-state index contributed by atoms with van der Waals surface area (Å²) in [5, 5.41) is 7.32. The zero-order valence-corrected chi connectivity index (χ0v) is 19.3. The van der Waals surface area contributed by atoms with E-state index in [9.17, 15) is 0 Å². The van der Waals surface area contributed by atoms with Gasteiger partial charge in [0.15, 0.2) is 5.96 Å². The average molecular weight is 508 g/mol. The van der Waals surface area contributed by atoms with Crippen LogP contribution in [0.5, 0.6) is 5.75 Å². The molecule has 152 valence electrons. The molecule has 0 fully saturated rings. The number of nitrogens with zero attached hydrogens (tertiary/aromatic N) is 1. The molecule has 0 bridgehead atoms. The van der Waals surface area contributed by atoms with Gasteiger partial charge < -0.3 is 20.1 Å². The van der Waals surface area contributed by atoms with Crippen LogP contribution >= 0.6 is 35.6 Å². The van der Waals surface area contributed by atoms with E-state index in [0.717, 1.165) is 51.5 Å². The minimum absolute atomic E-state index is 0. The quantitative estimate of drug-likeness (QED) is 0.225. The number of aliphatic imine (C=N–C) groups is 1. The maximum atomic E-state index is 6.18. The van der Waals surface area contributed by atoms with Crippen molar-refractivity contribution in [1.82, 2.24) is 10.6 Å². The highest BCUT2D eigenvalue weighted by Gasteiger charge is 2.11. The number of nitrogens with one attached hydrogen (secondary N) is 2. The summed E-state index contributed by atoms with van der Waals surface area (Å²) >= 11 is 6.18. The van der Waals surface area contributed by atoms with Crippen LogP contribution in [0.4, 0.5) is 0 Å². The molecule has 0 saturated heterocycles. The lowest BCUT2D eigenvalue weighted by Crippen LogP contribution is -2.38. The van der Waals surface area contributed by atoms with Gasteiger partial charge >= 0.3 is 0 Å². The minimum atomic E-state index is -0.0106. The standard InChI is InChI=1S/C20H30ClN3O2.HI/c1-3-17(26-19-8-6-5-7-18(19)21)15-24-20(22-4-2)23-12-9-16-10-13-25-14-11-16;/h5-8,10,17H,3-4,9,11-15H2,1-2H3,(H2,22,23,24);1H. The number of para-hydroxylation sites is 1. The Morgan fingerprint density at radius 2 is 2.11 bits per heavy atom. The Balaban J connectivity index is 0.00000364. The van der Waals surface area contributed by atoms with E-state index in [2.05, 4.69) is 35.5 Å². The van der Waals surface area contributed by atoms with Crippen LogP contribution in [0, 0.1) is 0 Å². The summed E-state index contributed by atoms with van der Waals surface area (Å²) in [6, 6.07) is 7.55. The van der Waals surface area contributed by atoms with Crippen molar-refractivity contribution < 1.29 is 9.47 Å². The fraction of sp³-hybridized carbons (Fsp3) is 0.550. The largest absolute Gasteiger partial charge is 0.487 e. The van der Waals surface area contributed by atoms with Crippen LogP contribution in [0.2, 0.25) is 5.02 Å². The highest BCUT2D eigenvalue weighted by atomic mass is 127. The molecule has 5 nitrogen and oxygen atoms in total. The second-order valence-corrected chi connectivity index (χ2v) is 6.57. The Kier molecular flexibility index (Phi) is 12.5. The van der Waals surface area contributed by atoms with Gasteiger partial charge in [-0.15, -0.1) is 24.0 Å². The van der Waals surface area contributed by atoms with E-state index < -0.39 is 0 Å². The van der Waals surface area contributed by atoms with Gasteiger partial charge in [-0.1, -0.05) is 42.3 Å². The average Bonchev–Trinajstić information content (AvgIpc) is 2.67. The first kappa shape index (κ1) is 24.0. The lowest BCUT2D eigenvalue weighted by Gasteiger charge is -2.18.